The Kier molecular flexibility index (Phi) is 6.50. The van der Waals surface area contributed by atoms with E-state index in [0.29, 0.717) is 37.7 Å². The van der Waals surface area contributed by atoms with Crippen molar-refractivity contribution in [3.63, 3.8) is 0 Å². The molecule has 0 N–H and O–H groups in total. The van der Waals surface area contributed by atoms with Crippen LogP contribution >= 0.6 is 11.6 Å². The molecule has 0 saturated carbocycles. The summed E-state index contributed by atoms with van der Waals surface area (Å²) in [4.78, 5) is 2.41. The lowest BCUT2D eigenvalue weighted by Crippen LogP contribution is -2.48. The molecule has 1 heterocycles. The molecule has 0 spiro atoms. The first-order chi connectivity index (χ1) is 13.4. The zero-order valence-corrected chi connectivity index (χ0v) is 17.9. The predicted octanol–water partition coefficient (Wildman–Crippen LogP) is 3.17. The number of ether oxygens (including phenoxy) is 2. The second-order valence-corrected chi connectivity index (χ2v) is 9.06. The third-order valence-electron chi connectivity index (χ3n) is 5.02. The van der Waals surface area contributed by atoms with Crippen LogP contribution in [-0.4, -0.2) is 58.0 Å². The maximum atomic E-state index is 12.9. The van der Waals surface area contributed by atoms with Crippen molar-refractivity contribution < 1.29 is 17.9 Å². The van der Waals surface area contributed by atoms with Crippen LogP contribution in [-0.2, 0) is 16.6 Å². The molecule has 6 nitrogen and oxygen atoms in total. The van der Waals surface area contributed by atoms with Crippen molar-refractivity contribution in [3.8, 4) is 11.5 Å². The second-order valence-electron chi connectivity index (χ2n) is 6.74. The average molecular weight is 425 g/mol. The molecule has 0 bridgehead atoms. The molecule has 28 heavy (non-hydrogen) atoms. The van der Waals surface area contributed by atoms with Crippen molar-refractivity contribution in [2.75, 3.05) is 40.4 Å². The fraction of sp³-hybridized carbons (Fsp3) is 0.400. The van der Waals surface area contributed by atoms with E-state index in [4.69, 9.17) is 21.1 Å². The van der Waals surface area contributed by atoms with E-state index in [-0.39, 0.29) is 9.92 Å². The van der Waals surface area contributed by atoms with Gasteiger partial charge in [0.2, 0.25) is 10.0 Å². The van der Waals surface area contributed by atoms with Gasteiger partial charge in [-0.25, -0.2) is 8.42 Å². The summed E-state index contributed by atoms with van der Waals surface area (Å²) >= 11 is 6.10. The zero-order chi connectivity index (χ0) is 20.3. The zero-order valence-electron chi connectivity index (χ0n) is 16.3. The molecule has 1 fully saturated rings. The van der Waals surface area contributed by atoms with Crippen molar-refractivity contribution in [1.82, 2.24) is 9.21 Å². The van der Waals surface area contributed by atoms with E-state index in [9.17, 15) is 8.42 Å². The smallest absolute Gasteiger partial charge is 0.244 e. The van der Waals surface area contributed by atoms with Crippen molar-refractivity contribution in [1.29, 1.82) is 0 Å². The Bertz CT molecular complexity index is 941. The summed E-state index contributed by atoms with van der Waals surface area (Å²) < 4.78 is 38.0. The number of benzene rings is 2. The van der Waals surface area contributed by atoms with Crippen LogP contribution in [0.25, 0.3) is 0 Å². The lowest BCUT2D eigenvalue weighted by molar-refractivity contribution is 0.181. The Balaban J connectivity index is 1.69. The van der Waals surface area contributed by atoms with Crippen LogP contribution < -0.4 is 9.47 Å². The highest BCUT2D eigenvalue weighted by atomic mass is 35.5. The SMILES string of the molecule is COc1cc(C)c(CN2CCN(S(=O)(=O)c3ccccc3Cl)CC2)cc1OC. The second kappa shape index (κ2) is 8.69. The number of rotatable bonds is 6. The molecule has 3 rings (SSSR count). The highest BCUT2D eigenvalue weighted by Crippen LogP contribution is 2.31. The Morgan fingerprint density at radius 1 is 1.00 bits per heavy atom. The first-order valence-electron chi connectivity index (χ1n) is 9.05. The molecule has 8 heteroatoms. The highest BCUT2D eigenvalue weighted by Gasteiger charge is 2.30. The van der Waals surface area contributed by atoms with Crippen molar-refractivity contribution in [3.05, 3.63) is 52.5 Å². The number of nitrogens with zero attached hydrogens (tertiary/aromatic N) is 2. The summed E-state index contributed by atoms with van der Waals surface area (Å²) in [7, 11) is -0.338. The third-order valence-corrected chi connectivity index (χ3v) is 7.42. The van der Waals surface area contributed by atoms with Gasteiger partial charge in [0.05, 0.1) is 19.2 Å². The Labute approximate surface area is 171 Å². The Hall–Kier alpha value is -1.80. The summed E-state index contributed by atoms with van der Waals surface area (Å²) in [6.45, 7) is 4.93. The predicted molar refractivity (Wildman–Crippen MR) is 110 cm³/mol. The standard InChI is InChI=1S/C20H25ClN2O4S/c1-15-12-18(26-2)19(27-3)13-16(15)14-22-8-10-23(11-9-22)28(24,25)20-7-5-4-6-17(20)21/h4-7,12-13H,8-11,14H2,1-3H3. The minimum atomic E-state index is -3.58. The van der Waals surface area contributed by atoms with Gasteiger partial charge in [-0.15, -0.1) is 0 Å². The van der Waals surface area contributed by atoms with Crippen LogP contribution in [0.15, 0.2) is 41.3 Å². The van der Waals surface area contributed by atoms with Gasteiger partial charge < -0.3 is 9.47 Å². The lowest BCUT2D eigenvalue weighted by atomic mass is 10.1. The molecule has 1 aliphatic rings. The van der Waals surface area contributed by atoms with Gasteiger partial charge in [0.15, 0.2) is 11.5 Å². The first-order valence-corrected chi connectivity index (χ1v) is 10.9. The summed E-state index contributed by atoms with van der Waals surface area (Å²) in [5.74, 6) is 1.41. The van der Waals surface area contributed by atoms with Crippen LogP contribution in [0.5, 0.6) is 11.5 Å². The normalized spacial score (nSPS) is 16.1. The summed E-state index contributed by atoms with van der Waals surface area (Å²) in [6, 6.07) is 10.5. The van der Waals surface area contributed by atoms with Gasteiger partial charge >= 0.3 is 0 Å². The molecule has 0 radical (unpaired) electrons. The van der Waals surface area contributed by atoms with Gasteiger partial charge in [-0.05, 0) is 42.3 Å². The van der Waals surface area contributed by atoms with Gasteiger partial charge in [-0.3, -0.25) is 4.90 Å². The quantitative estimate of drug-likeness (QED) is 0.712. The number of halogens is 1. The molecule has 0 aliphatic carbocycles. The van der Waals surface area contributed by atoms with E-state index in [2.05, 4.69) is 4.90 Å². The molecule has 2 aromatic rings. The fourth-order valence-corrected chi connectivity index (χ4v) is 5.27. The molecule has 1 aliphatic heterocycles. The van der Waals surface area contributed by atoms with Gasteiger partial charge in [-0.2, -0.15) is 4.31 Å². The van der Waals surface area contributed by atoms with E-state index in [1.54, 1.807) is 38.5 Å². The van der Waals surface area contributed by atoms with Crippen LogP contribution in [0.1, 0.15) is 11.1 Å². The van der Waals surface area contributed by atoms with Crippen LogP contribution in [0.3, 0.4) is 0 Å². The van der Waals surface area contributed by atoms with E-state index in [0.717, 1.165) is 17.7 Å². The number of methoxy groups -OCH3 is 2. The molecule has 0 unspecified atom stereocenters. The minimum Gasteiger partial charge on any atom is -0.493 e. The summed E-state index contributed by atoms with van der Waals surface area (Å²) in [5, 5.41) is 0.255. The molecule has 1 saturated heterocycles. The number of sulfonamides is 1. The first kappa shape index (κ1) is 20.9. The maximum Gasteiger partial charge on any atom is 0.244 e. The van der Waals surface area contributed by atoms with E-state index >= 15 is 0 Å². The number of aryl methyl sites for hydroxylation is 1. The lowest BCUT2D eigenvalue weighted by Gasteiger charge is -2.34. The summed E-state index contributed by atoms with van der Waals surface area (Å²) in [5.41, 5.74) is 2.25. The van der Waals surface area contributed by atoms with E-state index in [1.807, 2.05) is 19.1 Å². The monoisotopic (exact) mass is 424 g/mol. The van der Waals surface area contributed by atoms with E-state index in [1.165, 1.54) is 4.31 Å². The number of piperazine rings is 1. The van der Waals surface area contributed by atoms with Gasteiger partial charge in [0.1, 0.15) is 4.90 Å². The molecule has 0 amide bonds. The molecule has 152 valence electrons. The average Bonchev–Trinajstić information content (AvgIpc) is 2.69. The van der Waals surface area contributed by atoms with Crippen LogP contribution in [0.4, 0.5) is 0 Å². The highest BCUT2D eigenvalue weighted by molar-refractivity contribution is 7.89. The third kappa shape index (κ3) is 4.27. The van der Waals surface area contributed by atoms with Crippen molar-refractivity contribution in [2.24, 2.45) is 0 Å². The Morgan fingerprint density at radius 3 is 2.21 bits per heavy atom. The molecular weight excluding hydrogens is 400 g/mol. The van der Waals surface area contributed by atoms with Gasteiger partial charge in [-0.1, -0.05) is 23.7 Å². The van der Waals surface area contributed by atoms with Crippen LogP contribution in [0, 0.1) is 6.92 Å². The number of hydrogen-bond donors (Lipinski definition) is 0. The minimum absolute atomic E-state index is 0.167. The maximum absolute atomic E-state index is 12.9. The largest absolute Gasteiger partial charge is 0.493 e. The Morgan fingerprint density at radius 2 is 1.61 bits per heavy atom. The molecule has 0 atom stereocenters. The van der Waals surface area contributed by atoms with E-state index < -0.39 is 10.0 Å². The van der Waals surface area contributed by atoms with Crippen molar-refractivity contribution >= 4 is 21.6 Å². The van der Waals surface area contributed by atoms with Crippen molar-refractivity contribution in [2.45, 2.75) is 18.4 Å². The topological polar surface area (TPSA) is 59.1 Å². The summed E-state index contributed by atoms with van der Waals surface area (Å²) in [6.07, 6.45) is 0. The van der Waals surface area contributed by atoms with Gasteiger partial charge in [0, 0.05) is 32.7 Å². The molecule has 2 aromatic carbocycles. The fourth-order valence-electron chi connectivity index (χ4n) is 3.35. The molecule has 0 aromatic heterocycles. The van der Waals surface area contributed by atoms with Crippen LogP contribution in [0.2, 0.25) is 5.02 Å². The molecular formula is C20H25ClN2O4S. The number of hydrogen-bond acceptors (Lipinski definition) is 5. The van der Waals surface area contributed by atoms with Gasteiger partial charge in [0.25, 0.3) is 0 Å².